The number of nitrogens with two attached hydrogens (primary N) is 1. The van der Waals surface area contributed by atoms with Crippen LogP contribution in [-0.2, 0) is 16.6 Å². The van der Waals surface area contributed by atoms with Crippen LogP contribution in [0.5, 0.6) is 0 Å². The minimum absolute atomic E-state index is 0.0127. The van der Waals surface area contributed by atoms with Crippen molar-refractivity contribution in [1.29, 1.82) is 0 Å². The van der Waals surface area contributed by atoms with Gasteiger partial charge in [0.1, 0.15) is 5.82 Å². The zero-order valence-electron chi connectivity index (χ0n) is 10.6. The van der Waals surface area contributed by atoms with Gasteiger partial charge in [0.2, 0.25) is 10.0 Å². The molecule has 0 heterocycles. The summed E-state index contributed by atoms with van der Waals surface area (Å²) in [5.41, 5.74) is 0.669. The number of nitrogens with one attached hydrogen (secondary N) is 1. The predicted octanol–water partition coefficient (Wildman–Crippen LogP) is 3.39. The van der Waals surface area contributed by atoms with Crippen LogP contribution >= 0.6 is 23.2 Å². The van der Waals surface area contributed by atoms with E-state index in [2.05, 4.69) is 5.32 Å². The lowest BCUT2D eigenvalue weighted by atomic mass is 10.2. The molecule has 8 heteroatoms. The average Bonchev–Trinajstić information content (AvgIpc) is 2.40. The van der Waals surface area contributed by atoms with Crippen LogP contribution in [0.3, 0.4) is 0 Å². The fourth-order valence-corrected chi connectivity index (χ4v) is 2.61. The highest BCUT2D eigenvalue weighted by Gasteiger charge is 2.12. The number of rotatable bonds is 4. The molecule has 3 N–H and O–H groups in total. The van der Waals surface area contributed by atoms with E-state index in [9.17, 15) is 12.8 Å². The van der Waals surface area contributed by atoms with Gasteiger partial charge in [-0.2, -0.15) is 0 Å². The molecule has 0 aliphatic heterocycles. The zero-order valence-corrected chi connectivity index (χ0v) is 12.9. The van der Waals surface area contributed by atoms with Gasteiger partial charge in [-0.3, -0.25) is 0 Å². The Hall–Kier alpha value is -1.34. The van der Waals surface area contributed by atoms with Crippen molar-refractivity contribution in [3.8, 4) is 0 Å². The topological polar surface area (TPSA) is 72.2 Å². The molecule has 2 rings (SSSR count). The van der Waals surface area contributed by atoms with Crippen molar-refractivity contribution in [2.24, 2.45) is 5.14 Å². The summed E-state index contributed by atoms with van der Waals surface area (Å²) < 4.78 is 36.4. The van der Waals surface area contributed by atoms with E-state index in [1.54, 1.807) is 12.1 Å². The third kappa shape index (κ3) is 3.85. The Morgan fingerprint density at radius 2 is 1.86 bits per heavy atom. The molecular weight excluding hydrogens is 338 g/mol. The third-order valence-electron chi connectivity index (χ3n) is 2.77. The van der Waals surface area contributed by atoms with Crippen LogP contribution in [0, 0.1) is 5.82 Å². The van der Waals surface area contributed by atoms with E-state index in [0.29, 0.717) is 16.3 Å². The second-order valence-corrected chi connectivity index (χ2v) is 6.63. The second-order valence-electron chi connectivity index (χ2n) is 4.25. The van der Waals surface area contributed by atoms with Crippen LogP contribution in [0.15, 0.2) is 41.3 Å². The van der Waals surface area contributed by atoms with Gasteiger partial charge in [0, 0.05) is 12.1 Å². The summed E-state index contributed by atoms with van der Waals surface area (Å²) in [4.78, 5) is -0.0824. The molecule has 0 saturated carbocycles. The van der Waals surface area contributed by atoms with E-state index in [0.717, 1.165) is 0 Å². The summed E-state index contributed by atoms with van der Waals surface area (Å²) in [5.74, 6) is -0.537. The van der Waals surface area contributed by atoms with Crippen molar-refractivity contribution in [3.63, 3.8) is 0 Å². The van der Waals surface area contributed by atoms with Gasteiger partial charge in [0.05, 0.1) is 20.6 Å². The Kier molecular flexibility index (Phi) is 4.73. The number of benzene rings is 2. The lowest BCUT2D eigenvalue weighted by Crippen LogP contribution is -2.12. The van der Waals surface area contributed by atoms with Gasteiger partial charge in [-0.1, -0.05) is 35.3 Å². The summed E-state index contributed by atoms with van der Waals surface area (Å²) in [6.45, 7) is 0.0974. The summed E-state index contributed by atoms with van der Waals surface area (Å²) >= 11 is 11.7. The largest absolute Gasteiger partial charge is 0.380 e. The lowest BCUT2D eigenvalue weighted by molar-refractivity contribution is 0.597. The van der Waals surface area contributed by atoms with Gasteiger partial charge in [-0.15, -0.1) is 0 Å². The molecule has 0 aliphatic carbocycles. The van der Waals surface area contributed by atoms with Crippen molar-refractivity contribution < 1.29 is 12.8 Å². The van der Waals surface area contributed by atoms with Crippen LogP contribution < -0.4 is 10.5 Å². The van der Waals surface area contributed by atoms with Crippen molar-refractivity contribution >= 4 is 38.9 Å². The minimum atomic E-state index is -3.83. The minimum Gasteiger partial charge on any atom is -0.380 e. The number of sulfonamides is 1. The molecule has 112 valence electrons. The first kappa shape index (κ1) is 16.0. The quantitative estimate of drug-likeness (QED) is 0.889. The molecule has 2 aromatic carbocycles. The summed E-state index contributed by atoms with van der Waals surface area (Å²) in [5, 5.41) is 8.22. The van der Waals surface area contributed by atoms with Crippen LogP contribution in [0.2, 0.25) is 10.0 Å². The van der Waals surface area contributed by atoms with Crippen molar-refractivity contribution in [2.45, 2.75) is 11.4 Å². The average molecular weight is 349 g/mol. The first-order valence-corrected chi connectivity index (χ1v) is 8.08. The van der Waals surface area contributed by atoms with E-state index in [-0.39, 0.29) is 16.5 Å². The van der Waals surface area contributed by atoms with E-state index in [4.69, 9.17) is 28.3 Å². The SMILES string of the molecule is NS(=O)(=O)c1ccc(Cl)c(NCc2cccc(Cl)c2F)c1. The molecule has 0 bridgehead atoms. The van der Waals surface area contributed by atoms with Crippen LogP contribution in [0.4, 0.5) is 10.1 Å². The Morgan fingerprint density at radius 1 is 1.14 bits per heavy atom. The number of anilines is 1. The molecule has 0 fully saturated rings. The first-order chi connectivity index (χ1) is 9.79. The summed E-state index contributed by atoms with van der Waals surface area (Å²) in [7, 11) is -3.83. The molecule has 0 aromatic heterocycles. The first-order valence-electron chi connectivity index (χ1n) is 5.78. The molecule has 0 spiro atoms. The fraction of sp³-hybridized carbons (Fsp3) is 0.0769. The molecule has 4 nitrogen and oxygen atoms in total. The van der Waals surface area contributed by atoms with E-state index < -0.39 is 15.8 Å². The number of hydrogen-bond acceptors (Lipinski definition) is 3. The van der Waals surface area contributed by atoms with Crippen LogP contribution in [0.25, 0.3) is 0 Å². The van der Waals surface area contributed by atoms with Gasteiger partial charge >= 0.3 is 0 Å². The molecule has 0 unspecified atom stereocenters. The smallest absolute Gasteiger partial charge is 0.238 e. The van der Waals surface area contributed by atoms with Gasteiger partial charge in [-0.25, -0.2) is 17.9 Å². The van der Waals surface area contributed by atoms with Crippen LogP contribution in [0.1, 0.15) is 5.56 Å². The van der Waals surface area contributed by atoms with Gasteiger partial charge in [0.15, 0.2) is 0 Å². The maximum atomic E-state index is 13.8. The maximum Gasteiger partial charge on any atom is 0.238 e. The second kappa shape index (κ2) is 6.19. The highest BCUT2D eigenvalue weighted by Crippen LogP contribution is 2.26. The van der Waals surface area contributed by atoms with Crippen molar-refractivity contribution in [3.05, 3.63) is 57.8 Å². The molecule has 0 radical (unpaired) electrons. The van der Waals surface area contributed by atoms with Gasteiger partial charge in [0.25, 0.3) is 0 Å². The molecule has 21 heavy (non-hydrogen) atoms. The van der Waals surface area contributed by atoms with E-state index >= 15 is 0 Å². The van der Waals surface area contributed by atoms with Gasteiger partial charge < -0.3 is 5.32 Å². The van der Waals surface area contributed by atoms with E-state index in [1.807, 2.05) is 0 Å². The molecule has 2 aromatic rings. The molecule has 0 aliphatic rings. The van der Waals surface area contributed by atoms with Crippen molar-refractivity contribution in [2.75, 3.05) is 5.32 Å². The standard InChI is InChI=1S/C13H11Cl2FN2O2S/c14-10-5-4-9(21(17,19)20)6-12(10)18-7-8-2-1-3-11(15)13(8)16/h1-6,18H,7H2,(H2,17,19,20). The predicted molar refractivity (Wildman–Crippen MR) is 81.6 cm³/mol. The zero-order chi connectivity index (χ0) is 15.6. The monoisotopic (exact) mass is 348 g/mol. The molecule has 0 atom stereocenters. The lowest BCUT2D eigenvalue weighted by Gasteiger charge is -2.11. The van der Waals surface area contributed by atoms with Gasteiger partial charge in [-0.05, 0) is 24.3 Å². The molecular formula is C13H11Cl2FN2O2S. The summed E-state index contributed by atoms with van der Waals surface area (Å²) in [6, 6.07) is 8.60. The third-order valence-corrected chi connectivity index (χ3v) is 4.30. The molecule has 0 saturated heterocycles. The number of primary sulfonamides is 1. The highest BCUT2D eigenvalue weighted by molar-refractivity contribution is 7.89. The molecule has 0 amide bonds. The van der Waals surface area contributed by atoms with Crippen molar-refractivity contribution in [1.82, 2.24) is 0 Å². The Morgan fingerprint density at radius 3 is 2.52 bits per heavy atom. The number of hydrogen-bond donors (Lipinski definition) is 2. The van der Waals surface area contributed by atoms with E-state index in [1.165, 1.54) is 24.3 Å². The highest BCUT2D eigenvalue weighted by atomic mass is 35.5. The normalized spacial score (nSPS) is 11.4. The summed E-state index contributed by atoms with van der Waals surface area (Å²) in [6.07, 6.45) is 0. The fourth-order valence-electron chi connectivity index (χ4n) is 1.69. The Bertz CT molecular complexity index is 782. The Balaban J connectivity index is 2.26. The Labute approximate surface area is 131 Å². The number of halogens is 3. The van der Waals surface area contributed by atoms with Crippen LogP contribution in [-0.4, -0.2) is 8.42 Å². The maximum absolute atomic E-state index is 13.8.